The van der Waals surface area contributed by atoms with Crippen LogP contribution in [0.1, 0.15) is 0 Å². The predicted octanol–water partition coefficient (Wildman–Crippen LogP) is -0.475. The van der Waals surface area contributed by atoms with Gasteiger partial charge in [-0.25, -0.2) is 0 Å². The number of rotatable bonds is 5. The zero-order valence-electron chi connectivity index (χ0n) is 10.2. The van der Waals surface area contributed by atoms with Crippen LogP contribution in [0, 0.1) is 0 Å². The van der Waals surface area contributed by atoms with Crippen LogP contribution in [-0.4, -0.2) is 65.3 Å². The average molecular weight is 240 g/mol. The normalized spacial score (nSPS) is 19.2. The van der Waals surface area contributed by atoms with Crippen LogP contribution in [0.25, 0.3) is 0 Å². The van der Waals surface area contributed by atoms with E-state index in [1.807, 2.05) is 19.3 Å². The topological polar surface area (TPSA) is 62.5 Å². The molecule has 6 heteroatoms. The molecule has 0 aromatic carbocycles. The van der Waals surface area contributed by atoms with Crippen LogP contribution in [0.3, 0.4) is 0 Å². The first kappa shape index (κ1) is 12.3. The van der Waals surface area contributed by atoms with Gasteiger partial charge in [0.2, 0.25) is 0 Å². The van der Waals surface area contributed by atoms with Gasteiger partial charge in [0, 0.05) is 45.5 Å². The molecule has 0 spiro atoms. The Labute approximate surface area is 101 Å². The number of hydrogen-bond acceptors (Lipinski definition) is 5. The van der Waals surface area contributed by atoms with Crippen LogP contribution in [-0.2, 0) is 11.8 Å². The second-order valence-corrected chi connectivity index (χ2v) is 4.32. The molecule has 96 valence electrons. The van der Waals surface area contributed by atoms with E-state index in [9.17, 15) is 5.11 Å². The standard InChI is InChI=1S/C11H20N4O2/c1-14-3-2-11(13-14)12-8-10(16)9-15-4-6-17-7-5-15/h2-3,10,16H,4-9H2,1H3,(H,12,13). The van der Waals surface area contributed by atoms with Crippen molar-refractivity contribution in [1.29, 1.82) is 0 Å². The van der Waals surface area contributed by atoms with Gasteiger partial charge in [0.1, 0.15) is 5.82 Å². The monoisotopic (exact) mass is 240 g/mol. The maximum Gasteiger partial charge on any atom is 0.148 e. The van der Waals surface area contributed by atoms with Gasteiger partial charge in [-0.15, -0.1) is 0 Å². The van der Waals surface area contributed by atoms with Crippen LogP contribution < -0.4 is 5.32 Å². The van der Waals surface area contributed by atoms with E-state index >= 15 is 0 Å². The Morgan fingerprint density at radius 1 is 1.53 bits per heavy atom. The molecule has 1 fully saturated rings. The quantitative estimate of drug-likeness (QED) is 0.728. The molecule has 0 saturated carbocycles. The average Bonchev–Trinajstić information content (AvgIpc) is 2.74. The van der Waals surface area contributed by atoms with Crippen LogP contribution in [0.5, 0.6) is 0 Å². The molecular formula is C11H20N4O2. The summed E-state index contributed by atoms with van der Waals surface area (Å²) in [6, 6.07) is 1.89. The number of hydrogen-bond donors (Lipinski definition) is 2. The first-order valence-electron chi connectivity index (χ1n) is 5.96. The maximum absolute atomic E-state index is 9.89. The van der Waals surface area contributed by atoms with Gasteiger partial charge in [-0.1, -0.05) is 0 Å². The molecule has 17 heavy (non-hydrogen) atoms. The molecule has 0 radical (unpaired) electrons. The van der Waals surface area contributed by atoms with Crippen LogP contribution >= 0.6 is 0 Å². The van der Waals surface area contributed by atoms with Crippen molar-refractivity contribution in [2.45, 2.75) is 6.10 Å². The molecular weight excluding hydrogens is 220 g/mol. The van der Waals surface area contributed by atoms with E-state index in [4.69, 9.17) is 4.74 Å². The Morgan fingerprint density at radius 2 is 2.29 bits per heavy atom. The third-order valence-electron chi connectivity index (χ3n) is 2.81. The molecule has 2 rings (SSSR count). The molecule has 0 bridgehead atoms. The predicted molar refractivity (Wildman–Crippen MR) is 65.0 cm³/mol. The lowest BCUT2D eigenvalue weighted by molar-refractivity contribution is 0.0171. The van der Waals surface area contributed by atoms with Gasteiger partial charge in [-0.3, -0.25) is 9.58 Å². The minimum absolute atomic E-state index is 0.380. The summed E-state index contributed by atoms with van der Waals surface area (Å²) in [4.78, 5) is 2.22. The second-order valence-electron chi connectivity index (χ2n) is 4.32. The smallest absolute Gasteiger partial charge is 0.148 e. The third-order valence-corrected chi connectivity index (χ3v) is 2.81. The van der Waals surface area contributed by atoms with Gasteiger partial charge in [0.25, 0.3) is 0 Å². The van der Waals surface area contributed by atoms with Gasteiger partial charge in [-0.05, 0) is 0 Å². The fourth-order valence-corrected chi connectivity index (χ4v) is 1.88. The number of β-amino-alcohol motifs (C(OH)–C–C–N with tert-alkyl or cyclic N) is 1. The lowest BCUT2D eigenvalue weighted by Gasteiger charge is -2.28. The van der Waals surface area contributed by atoms with Crippen molar-refractivity contribution in [3.05, 3.63) is 12.3 Å². The summed E-state index contributed by atoms with van der Waals surface area (Å²) >= 11 is 0. The summed E-state index contributed by atoms with van der Waals surface area (Å²) < 4.78 is 6.99. The Morgan fingerprint density at radius 3 is 2.94 bits per heavy atom. The first-order chi connectivity index (χ1) is 8.24. The highest BCUT2D eigenvalue weighted by atomic mass is 16.5. The molecule has 0 amide bonds. The van der Waals surface area contributed by atoms with E-state index in [0.29, 0.717) is 13.1 Å². The second kappa shape index (κ2) is 6.00. The van der Waals surface area contributed by atoms with Crippen molar-refractivity contribution in [1.82, 2.24) is 14.7 Å². The van der Waals surface area contributed by atoms with E-state index < -0.39 is 0 Å². The van der Waals surface area contributed by atoms with E-state index in [1.165, 1.54) is 0 Å². The molecule has 6 nitrogen and oxygen atoms in total. The summed E-state index contributed by atoms with van der Waals surface area (Å²) in [6.07, 6.45) is 1.49. The molecule has 1 aliphatic rings. The highest BCUT2D eigenvalue weighted by Crippen LogP contribution is 2.02. The number of morpholine rings is 1. The summed E-state index contributed by atoms with van der Waals surface area (Å²) in [5, 5.41) is 17.2. The summed E-state index contributed by atoms with van der Waals surface area (Å²) in [5.74, 6) is 0.800. The molecule has 1 aromatic rings. The Hall–Kier alpha value is -1.11. The van der Waals surface area contributed by atoms with Crippen molar-refractivity contribution < 1.29 is 9.84 Å². The number of aromatic nitrogens is 2. The van der Waals surface area contributed by atoms with E-state index in [0.717, 1.165) is 32.1 Å². The third kappa shape index (κ3) is 3.99. The summed E-state index contributed by atoms with van der Waals surface area (Å²) in [7, 11) is 1.87. The van der Waals surface area contributed by atoms with Crippen LogP contribution in [0.2, 0.25) is 0 Å². The van der Waals surface area contributed by atoms with Gasteiger partial charge in [0.05, 0.1) is 19.3 Å². The first-order valence-corrected chi connectivity index (χ1v) is 5.96. The number of nitrogens with zero attached hydrogens (tertiary/aromatic N) is 3. The Balaban J connectivity index is 1.68. The van der Waals surface area contributed by atoms with Crippen molar-refractivity contribution in [3.63, 3.8) is 0 Å². The van der Waals surface area contributed by atoms with Crippen LogP contribution in [0.15, 0.2) is 12.3 Å². The SMILES string of the molecule is Cn1ccc(NCC(O)CN2CCOCC2)n1. The fourth-order valence-electron chi connectivity index (χ4n) is 1.88. The zero-order chi connectivity index (χ0) is 12.1. The largest absolute Gasteiger partial charge is 0.390 e. The zero-order valence-corrected chi connectivity index (χ0v) is 10.2. The minimum atomic E-state index is -0.380. The summed E-state index contributed by atoms with van der Waals surface area (Å²) in [5.41, 5.74) is 0. The molecule has 1 atom stereocenters. The molecule has 1 unspecified atom stereocenters. The molecule has 2 N–H and O–H groups in total. The Kier molecular flexibility index (Phi) is 4.36. The van der Waals surface area contributed by atoms with Gasteiger partial charge in [-0.2, -0.15) is 5.10 Å². The lowest BCUT2D eigenvalue weighted by atomic mass is 10.3. The lowest BCUT2D eigenvalue weighted by Crippen LogP contribution is -2.42. The summed E-state index contributed by atoms with van der Waals surface area (Å²) in [6.45, 7) is 4.54. The number of anilines is 1. The highest BCUT2D eigenvalue weighted by molar-refractivity contribution is 5.32. The molecule has 1 saturated heterocycles. The number of ether oxygens (including phenoxy) is 1. The van der Waals surface area contributed by atoms with Gasteiger partial charge < -0.3 is 15.2 Å². The van der Waals surface area contributed by atoms with Gasteiger partial charge in [0.15, 0.2) is 0 Å². The van der Waals surface area contributed by atoms with Crippen molar-refractivity contribution >= 4 is 5.82 Å². The number of aliphatic hydroxyl groups is 1. The molecule has 0 aliphatic carbocycles. The van der Waals surface area contributed by atoms with E-state index in [-0.39, 0.29) is 6.10 Å². The number of aryl methyl sites for hydroxylation is 1. The van der Waals surface area contributed by atoms with E-state index in [1.54, 1.807) is 4.68 Å². The molecule has 1 aliphatic heterocycles. The van der Waals surface area contributed by atoms with E-state index in [2.05, 4.69) is 15.3 Å². The number of nitrogens with one attached hydrogen (secondary N) is 1. The van der Waals surface area contributed by atoms with Crippen LogP contribution in [0.4, 0.5) is 5.82 Å². The molecule has 1 aromatic heterocycles. The highest BCUT2D eigenvalue weighted by Gasteiger charge is 2.14. The van der Waals surface area contributed by atoms with Crippen molar-refractivity contribution in [2.24, 2.45) is 7.05 Å². The van der Waals surface area contributed by atoms with Crippen molar-refractivity contribution in [3.8, 4) is 0 Å². The number of aliphatic hydroxyl groups excluding tert-OH is 1. The molecule has 2 heterocycles. The van der Waals surface area contributed by atoms with Gasteiger partial charge >= 0.3 is 0 Å². The maximum atomic E-state index is 9.89. The minimum Gasteiger partial charge on any atom is -0.390 e. The van der Waals surface area contributed by atoms with Crippen molar-refractivity contribution in [2.75, 3.05) is 44.7 Å². The fraction of sp³-hybridized carbons (Fsp3) is 0.727. The Bertz CT molecular complexity index is 336.